The minimum Gasteiger partial charge on any atom is -0.374 e. The van der Waals surface area contributed by atoms with E-state index >= 15 is 0 Å². The minimum atomic E-state index is 0.567. The van der Waals surface area contributed by atoms with Crippen molar-refractivity contribution >= 4 is 16.5 Å². The first kappa shape index (κ1) is 9.82. The average Bonchev–Trinajstić information content (AvgIpc) is 2.63. The Hall–Kier alpha value is -0.720. The maximum atomic E-state index is 5.51. The van der Waals surface area contributed by atoms with E-state index in [0.29, 0.717) is 5.13 Å². The molecule has 2 rings (SSSR count). The number of anilines is 1. The van der Waals surface area contributed by atoms with E-state index < -0.39 is 0 Å². The molecule has 78 valence electrons. The molecule has 5 nitrogen and oxygen atoms in total. The van der Waals surface area contributed by atoms with Crippen LogP contribution in [0.25, 0.3) is 0 Å². The number of rotatable bonds is 3. The normalized spacial score (nSPS) is 18.6. The van der Waals surface area contributed by atoms with Crippen LogP contribution in [0.1, 0.15) is 5.01 Å². The number of hydrogen-bond donors (Lipinski definition) is 2. The van der Waals surface area contributed by atoms with Crippen LogP contribution in [0.15, 0.2) is 0 Å². The summed E-state index contributed by atoms with van der Waals surface area (Å²) in [5.41, 5.74) is 5.51. The molecule has 14 heavy (non-hydrogen) atoms. The molecule has 1 aromatic rings. The number of nitrogens with two attached hydrogens (primary N) is 1. The standard InChI is InChI=1S/C8H14N4OS/c9-8-11-10-7(14-8)1-2-12-3-5-13-6-4-12/h1-6H2,(H2,9,11)/p+1. The van der Waals surface area contributed by atoms with Gasteiger partial charge < -0.3 is 15.4 Å². The van der Waals surface area contributed by atoms with Crippen LogP contribution in [-0.2, 0) is 11.2 Å². The lowest BCUT2D eigenvalue weighted by atomic mass is 10.3. The molecule has 1 fully saturated rings. The second-order valence-corrected chi connectivity index (χ2v) is 4.49. The number of aromatic nitrogens is 2. The van der Waals surface area contributed by atoms with Crippen molar-refractivity contribution in [1.82, 2.24) is 10.2 Å². The Morgan fingerprint density at radius 3 is 2.79 bits per heavy atom. The third-order valence-electron chi connectivity index (χ3n) is 2.37. The number of hydrogen-bond acceptors (Lipinski definition) is 5. The summed E-state index contributed by atoms with van der Waals surface area (Å²) in [7, 11) is 0. The predicted molar refractivity (Wildman–Crippen MR) is 54.4 cm³/mol. The molecule has 1 aliphatic heterocycles. The van der Waals surface area contributed by atoms with Crippen molar-refractivity contribution in [3.8, 4) is 0 Å². The smallest absolute Gasteiger partial charge is 0.203 e. The Morgan fingerprint density at radius 2 is 2.14 bits per heavy atom. The maximum Gasteiger partial charge on any atom is 0.203 e. The average molecular weight is 215 g/mol. The third kappa shape index (κ3) is 2.63. The molecule has 1 saturated heterocycles. The summed E-state index contributed by atoms with van der Waals surface area (Å²) in [6, 6.07) is 0. The largest absolute Gasteiger partial charge is 0.374 e. The van der Waals surface area contributed by atoms with Gasteiger partial charge in [0, 0.05) is 0 Å². The van der Waals surface area contributed by atoms with Gasteiger partial charge in [0.1, 0.15) is 18.1 Å². The maximum absolute atomic E-state index is 5.51. The lowest BCUT2D eigenvalue weighted by Gasteiger charge is -2.23. The molecule has 2 heterocycles. The van der Waals surface area contributed by atoms with Gasteiger partial charge >= 0.3 is 0 Å². The van der Waals surface area contributed by atoms with Crippen LogP contribution in [-0.4, -0.2) is 43.0 Å². The number of quaternary nitrogens is 1. The van der Waals surface area contributed by atoms with Gasteiger partial charge in [0.15, 0.2) is 0 Å². The molecule has 0 spiro atoms. The zero-order valence-corrected chi connectivity index (χ0v) is 8.85. The zero-order chi connectivity index (χ0) is 9.80. The molecular formula is C8H15N4OS+. The molecule has 1 aliphatic rings. The number of nitrogen functional groups attached to an aromatic ring is 1. The van der Waals surface area contributed by atoms with E-state index in [1.54, 1.807) is 4.90 Å². The third-order valence-corrected chi connectivity index (χ3v) is 3.19. The van der Waals surface area contributed by atoms with Gasteiger partial charge in [-0.15, -0.1) is 10.2 Å². The second kappa shape index (κ2) is 4.68. The molecule has 6 heteroatoms. The first-order chi connectivity index (χ1) is 6.84. The van der Waals surface area contributed by atoms with Crippen LogP contribution >= 0.6 is 11.3 Å². The minimum absolute atomic E-state index is 0.567. The van der Waals surface area contributed by atoms with E-state index in [0.717, 1.165) is 44.3 Å². The highest BCUT2D eigenvalue weighted by Gasteiger charge is 2.14. The van der Waals surface area contributed by atoms with E-state index in [1.165, 1.54) is 11.3 Å². The van der Waals surface area contributed by atoms with Crippen molar-refractivity contribution in [3.63, 3.8) is 0 Å². The Morgan fingerprint density at radius 1 is 1.36 bits per heavy atom. The van der Waals surface area contributed by atoms with Crippen LogP contribution in [0.4, 0.5) is 5.13 Å². The summed E-state index contributed by atoms with van der Waals surface area (Å²) < 4.78 is 5.29. The van der Waals surface area contributed by atoms with Crippen molar-refractivity contribution in [1.29, 1.82) is 0 Å². The van der Waals surface area contributed by atoms with E-state index in [1.807, 2.05) is 0 Å². The number of morpholine rings is 1. The fourth-order valence-electron chi connectivity index (χ4n) is 1.56. The van der Waals surface area contributed by atoms with Gasteiger partial charge in [-0.05, 0) is 0 Å². The Balaban J connectivity index is 1.76. The second-order valence-electron chi connectivity index (χ2n) is 3.40. The van der Waals surface area contributed by atoms with Gasteiger partial charge in [-0.1, -0.05) is 11.3 Å². The van der Waals surface area contributed by atoms with Gasteiger partial charge in [-0.2, -0.15) is 0 Å². The van der Waals surface area contributed by atoms with Gasteiger partial charge in [0.2, 0.25) is 5.13 Å². The molecule has 0 radical (unpaired) electrons. The number of nitrogens with zero attached hydrogens (tertiary/aromatic N) is 2. The lowest BCUT2D eigenvalue weighted by Crippen LogP contribution is -3.14. The van der Waals surface area contributed by atoms with Crippen molar-refractivity contribution < 1.29 is 9.64 Å². The Kier molecular flexibility index (Phi) is 3.28. The molecule has 0 bridgehead atoms. The van der Waals surface area contributed by atoms with Crippen LogP contribution < -0.4 is 10.6 Å². The summed E-state index contributed by atoms with van der Waals surface area (Å²) >= 11 is 1.49. The molecule has 0 atom stereocenters. The van der Waals surface area contributed by atoms with Crippen molar-refractivity contribution in [2.24, 2.45) is 0 Å². The zero-order valence-electron chi connectivity index (χ0n) is 8.03. The fourth-order valence-corrected chi connectivity index (χ4v) is 2.17. The highest BCUT2D eigenvalue weighted by Crippen LogP contribution is 2.10. The van der Waals surface area contributed by atoms with Crippen molar-refractivity contribution in [2.75, 3.05) is 38.6 Å². The molecule has 0 aliphatic carbocycles. The highest BCUT2D eigenvalue weighted by molar-refractivity contribution is 7.15. The number of ether oxygens (including phenoxy) is 1. The van der Waals surface area contributed by atoms with Gasteiger partial charge in [0.25, 0.3) is 0 Å². The molecule has 0 saturated carbocycles. The number of nitrogens with one attached hydrogen (secondary N) is 1. The molecule has 3 N–H and O–H groups in total. The van der Waals surface area contributed by atoms with Crippen molar-refractivity contribution in [2.45, 2.75) is 6.42 Å². The first-order valence-corrected chi connectivity index (χ1v) is 5.65. The van der Waals surface area contributed by atoms with Crippen molar-refractivity contribution in [3.05, 3.63) is 5.01 Å². The van der Waals surface area contributed by atoms with Gasteiger partial charge in [-0.25, -0.2) is 0 Å². The molecular weight excluding hydrogens is 200 g/mol. The SMILES string of the molecule is Nc1nnc(CC[NH+]2CCOCC2)s1. The summed E-state index contributed by atoms with van der Waals surface area (Å²) in [5.74, 6) is 0. The summed E-state index contributed by atoms with van der Waals surface area (Å²) in [4.78, 5) is 1.59. The fraction of sp³-hybridized carbons (Fsp3) is 0.750. The monoisotopic (exact) mass is 215 g/mol. The van der Waals surface area contributed by atoms with E-state index in [-0.39, 0.29) is 0 Å². The molecule has 1 aromatic heterocycles. The van der Waals surface area contributed by atoms with Gasteiger partial charge in [0.05, 0.1) is 26.2 Å². The quantitative estimate of drug-likeness (QED) is 0.649. The van der Waals surface area contributed by atoms with Crippen LogP contribution in [0.2, 0.25) is 0 Å². The Bertz CT molecular complexity index is 285. The Labute approximate surface area is 86.9 Å². The van der Waals surface area contributed by atoms with Crippen LogP contribution in [0.5, 0.6) is 0 Å². The topological polar surface area (TPSA) is 65.5 Å². The predicted octanol–water partition coefficient (Wildman–Crippen LogP) is -1.42. The van der Waals surface area contributed by atoms with Crippen LogP contribution in [0, 0.1) is 0 Å². The van der Waals surface area contributed by atoms with E-state index in [9.17, 15) is 0 Å². The van der Waals surface area contributed by atoms with E-state index in [4.69, 9.17) is 10.5 Å². The summed E-state index contributed by atoms with van der Waals surface area (Å²) in [5, 5.41) is 9.40. The molecule has 0 aromatic carbocycles. The molecule has 0 amide bonds. The highest BCUT2D eigenvalue weighted by atomic mass is 32.1. The molecule has 0 unspecified atom stereocenters. The van der Waals surface area contributed by atoms with Crippen LogP contribution in [0.3, 0.4) is 0 Å². The summed E-state index contributed by atoms with van der Waals surface area (Å²) in [6.45, 7) is 5.09. The first-order valence-electron chi connectivity index (χ1n) is 4.84. The summed E-state index contributed by atoms with van der Waals surface area (Å²) in [6.07, 6.45) is 0.976. The lowest BCUT2D eigenvalue weighted by molar-refractivity contribution is -0.907. The van der Waals surface area contributed by atoms with E-state index in [2.05, 4.69) is 10.2 Å². The van der Waals surface area contributed by atoms with Gasteiger partial charge in [-0.3, -0.25) is 0 Å².